The first kappa shape index (κ1) is 18.1. The van der Waals surface area contributed by atoms with Crippen molar-refractivity contribution in [2.45, 2.75) is 49.4 Å². The highest BCUT2D eigenvalue weighted by Gasteiger charge is 2.19. The molecule has 0 spiro atoms. The third-order valence-electron chi connectivity index (χ3n) is 2.98. The van der Waals surface area contributed by atoms with Crippen LogP contribution in [0.5, 0.6) is 0 Å². The van der Waals surface area contributed by atoms with Gasteiger partial charge < -0.3 is 0 Å². The summed E-state index contributed by atoms with van der Waals surface area (Å²) in [4.78, 5) is -0.328. The Hall–Kier alpha value is -0.960. The van der Waals surface area contributed by atoms with Crippen molar-refractivity contribution in [2.75, 3.05) is 0 Å². The predicted molar refractivity (Wildman–Crippen MR) is 81.7 cm³/mol. The Balaban J connectivity index is 2.93. The van der Waals surface area contributed by atoms with E-state index < -0.39 is 20.0 Å². The van der Waals surface area contributed by atoms with Gasteiger partial charge in [0, 0.05) is 6.04 Å². The molecule has 0 amide bonds. The average Bonchev–Trinajstić information content (AvgIpc) is 2.35. The molecular weight excluding hydrogens is 312 g/mol. The molecule has 0 fully saturated rings. The zero-order valence-corrected chi connectivity index (χ0v) is 14.0. The number of benzene rings is 1. The Morgan fingerprint density at radius 2 is 1.62 bits per heavy atom. The lowest BCUT2D eigenvalue weighted by Gasteiger charge is -2.15. The smallest absolute Gasteiger partial charge is 0.225 e. The van der Waals surface area contributed by atoms with Crippen LogP contribution in [0.25, 0.3) is 0 Å². The molecule has 120 valence electrons. The minimum atomic E-state index is -3.93. The fraction of sp³-hybridized carbons (Fsp3) is 0.538. The quantitative estimate of drug-likeness (QED) is 0.786. The zero-order chi connectivity index (χ0) is 16.3. The highest BCUT2D eigenvalue weighted by Crippen LogP contribution is 2.16. The van der Waals surface area contributed by atoms with Crippen molar-refractivity contribution in [3.8, 4) is 0 Å². The molecule has 0 aliphatic heterocycles. The van der Waals surface area contributed by atoms with E-state index >= 15 is 0 Å². The topological polar surface area (TPSA) is 106 Å². The summed E-state index contributed by atoms with van der Waals surface area (Å²) in [6, 6.07) is 4.79. The summed E-state index contributed by atoms with van der Waals surface area (Å²) in [5, 5.41) is 5.01. The minimum Gasteiger partial charge on any atom is -0.225 e. The molecule has 1 aromatic rings. The molecule has 0 aliphatic rings. The highest BCUT2D eigenvalue weighted by atomic mass is 32.2. The molecule has 0 aliphatic carbocycles. The summed E-state index contributed by atoms with van der Waals surface area (Å²) in [5.41, 5.74) is 0. The molecule has 1 rings (SSSR count). The number of sulfonamides is 2. The van der Waals surface area contributed by atoms with E-state index in [0.29, 0.717) is 12.3 Å². The van der Waals surface area contributed by atoms with Crippen LogP contribution in [-0.2, 0) is 20.0 Å². The monoisotopic (exact) mass is 334 g/mol. The van der Waals surface area contributed by atoms with Gasteiger partial charge in [0.25, 0.3) is 0 Å². The molecule has 0 aromatic heterocycles. The standard InChI is InChI=1S/C13H22N2O4S2/c1-10(2)7-8-11(3)15-21(18,19)13-6-4-5-12(9-13)20(14,16)17/h4-6,9-11,15H,7-8H2,1-3H3,(H2,14,16,17)/t11-/m0/s1. The van der Waals surface area contributed by atoms with Crippen molar-refractivity contribution in [3.05, 3.63) is 24.3 Å². The normalized spacial score (nSPS) is 14.3. The maximum absolute atomic E-state index is 12.2. The molecular formula is C13H22N2O4S2. The molecule has 1 atom stereocenters. The number of nitrogens with two attached hydrogens (primary N) is 1. The first-order chi connectivity index (χ1) is 9.52. The second-order valence-corrected chi connectivity index (χ2v) is 8.79. The molecule has 0 radical (unpaired) electrons. The van der Waals surface area contributed by atoms with Gasteiger partial charge in [-0.2, -0.15) is 0 Å². The maximum Gasteiger partial charge on any atom is 0.240 e. The van der Waals surface area contributed by atoms with E-state index in [1.807, 2.05) is 0 Å². The fourth-order valence-electron chi connectivity index (χ4n) is 1.79. The zero-order valence-electron chi connectivity index (χ0n) is 12.4. The number of rotatable bonds is 7. The van der Waals surface area contributed by atoms with Gasteiger partial charge in [0.15, 0.2) is 0 Å². The van der Waals surface area contributed by atoms with Crippen LogP contribution in [0.1, 0.15) is 33.6 Å². The summed E-state index contributed by atoms with van der Waals surface area (Å²) in [7, 11) is -7.69. The Morgan fingerprint density at radius 3 is 2.14 bits per heavy atom. The van der Waals surface area contributed by atoms with E-state index in [1.54, 1.807) is 6.92 Å². The second-order valence-electron chi connectivity index (χ2n) is 5.51. The highest BCUT2D eigenvalue weighted by molar-refractivity contribution is 7.90. The van der Waals surface area contributed by atoms with Crippen molar-refractivity contribution in [1.82, 2.24) is 4.72 Å². The van der Waals surface area contributed by atoms with Crippen LogP contribution >= 0.6 is 0 Å². The molecule has 0 bridgehead atoms. The summed E-state index contributed by atoms with van der Waals surface area (Å²) in [6.45, 7) is 5.91. The minimum absolute atomic E-state index is 0.106. The summed E-state index contributed by atoms with van der Waals surface area (Å²) in [5.74, 6) is 0.489. The van der Waals surface area contributed by atoms with E-state index in [9.17, 15) is 16.8 Å². The molecule has 0 unspecified atom stereocenters. The molecule has 8 heteroatoms. The molecule has 0 saturated carbocycles. The third kappa shape index (κ3) is 5.74. The van der Waals surface area contributed by atoms with Crippen molar-refractivity contribution in [3.63, 3.8) is 0 Å². The van der Waals surface area contributed by atoms with Gasteiger partial charge in [-0.1, -0.05) is 19.9 Å². The number of hydrogen-bond acceptors (Lipinski definition) is 4. The van der Waals surface area contributed by atoms with Crippen LogP contribution < -0.4 is 9.86 Å². The van der Waals surface area contributed by atoms with E-state index in [2.05, 4.69) is 18.6 Å². The van der Waals surface area contributed by atoms with Crippen molar-refractivity contribution in [1.29, 1.82) is 0 Å². The van der Waals surface area contributed by atoms with E-state index in [1.165, 1.54) is 18.2 Å². The molecule has 21 heavy (non-hydrogen) atoms. The van der Waals surface area contributed by atoms with Crippen molar-refractivity contribution in [2.24, 2.45) is 11.1 Å². The van der Waals surface area contributed by atoms with Gasteiger partial charge >= 0.3 is 0 Å². The van der Waals surface area contributed by atoms with Crippen LogP contribution in [-0.4, -0.2) is 22.9 Å². The number of nitrogens with one attached hydrogen (secondary N) is 1. The van der Waals surface area contributed by atoms with Crippen LogP contribution in [0.3, 0.4) is 0 Å². The van der Waals surface area contributed by atoms with E-state index in [4.69, 9.17) is 5.14 Å². The molecule has 3 N–H and O–H groups in total. The SMILES string of the molecule is CC(C)CC[C@H](C)NS(=O)(=O)c1cccc(S(N)(=O)=O)c1. The Kier molecular flexibility index (Phi) is 5.92. The van der Waals surface area contributed by atoms with Gasteiger partial charge in [0.05, 0.1) is 9.79 Å². The van der Waals surface area contributed by atoms with Crippen LogP contribution in [0, 0.1) is 5.92 Å². The molecule has 0 saturated heterocycles. The Labute approximate surface area is 126 Å². The maximum atomic E-state index is 12.2. The van der Waals surface area contributed by atoms with Crippen molar-refractivity contribution >= 4 is 20.0 Å². The Morgan fingerprint density at radius 1 is 1.05 bits per heavy atom. The molecule has 6 nitrogen and oxygen atoms in total. The van der Waals surface area contributed by atoms with Gasteiger partial charge in [0.2, 0.25) is 20.0 Å². The van der Waals surface area contributed by atoms with Gasteiger partial charge in [-0.05, 0) is 43.9 Å². The average molecular weight is 334 g/mol. The fourth-order valence-corrected chi connectivity index (χ4v) is 3.75. The lowest BCUT2D eigenvalue weighted by atomic mass is 10.1. The summed E-state index contributed by atoms with van der Waals surface area (Å²) < 4.78 is 49.5. The second kappa shape index (κ2) is 6.87. The number of hydrogen-bond donors (Lipinski definition) is 2. The van der Waals surface area contributed by atoms with Crippen LogP contribution in [0.4, 0.5) is 0 Å². The van der Waals surface area contributed by atoms with E-state index in [-0.39, 0.29) is 15.8 Å². The lowest BCUT2D eigenvalue weighted by molar-refractivity contribution is 0.485. The van der Waals surface area contributed by atoms with E-state index in [0.717, 1.165) is 12.5 Å². The molecule has 0 heterocycles. The van der Waals surface area contributed by atoms with Crippen LogP contribution in [0.2, 0.25) is 0 Å². The predicted octanol–water partition coefficient (Wildman–Crippen LogP) is 1.44. The first-order valence-electron chi connectivity index (χ1n) is 6.67. The summed E-state index contributed by atoms with van der Waals surface area (Å²) in [6.07, 6.45) is 1.62. The Bertz CT molecular complexity index is 682. The summed E-state index contributed by atoms with van der Waals surface area (Å²) >= 11 is 0. The van der Waals surface area contributed by atoms with Crippen LogP contribution in [0.15, 0.2) is 34.1 Å². The molecule has 1 aromatic carbocycles. The largest absolute Gasteiger partial charge is 0.240 e. The lowest BCUT2D eigenvalue weighted by Crippen LogP contribution is -2.33. The van der Waals surface area contributed by atoms with Crippen molar-refractivity contribution < 1.29 is 16.8 Å². The number of primary sulfonamides is 1. The van der Waals surface area contributed by atoms with Gasteiger partial charge in [-0.15, -0.1) is 0 Å². The third-order valence-corrected chi connectivity index (χ3v) is 5.48. The first-order valence-corrected chi connectivity index (χ1v) is 9.70. The van der Waals surface area contributed by atoms with Gasteiger partial charge in [0.1, 0.15) is 0 Å². The van der Waals surface area contributed by atoms with Gasteiger partial charge in [-0.3, -0.25) is 0 Å². The van der Waals surface area contributed by atoms with Gasteiger partial charge in [-0.25, -0.2) is 26.7 Å².